The molecule has 0 bridgehead atoms. The fourth-order valence-corrected chi connectivity index (χ4v) is 1.67. The van der Waals surface area contributed by atoms with Gasteiger partial charge in [-0.15, -0.1) is 0 Å². The first kappa shape index (κ1) is 11.2. The zero-order valence-corrected chi connectivity index (χ0v) is 9.68. The molecule has 0 saturated carbocycles. The van der Waals surface area contributed by atoms with Crippen molar-refractivity contribution in [3.63, 3.8) is 0 Å². The Morgan fingerprint density at radius 1 is 1.25 bits per heavy atom. The van der Waals surface area contributed by atoms with Gasteiger partial charge in [0.05, 0.1) is 10.2 Å². The van der Waals surface area contributed by atoms with Crippen LogP contribution in [0.3, 0.4) is 0 Å². The molecule has 1 aromatic carbocycles. The van der Waals surface area contributed by atoms with Crippen LogP contribution in [0.25, 0.3) is 11.3 Å². The van der Waals surface area contributed by atoms with Crippen LogP contribution >= 0.6 is 15.9 Å². The van der Waals surface area contributed by atoms with E-state index in [1.54, 1.807) is 6.07 Å². The van der Waals surface area contributed by atoms with Crippen LogP contribution in [0.4, 0.5) is 8.78 Å². The molecule has 3 N–H and O–H groups in total. The minimum atomic E-state index is -0.657. The largest absolute Gasteiger partial charge is 0.325 e. The van der Waals surface area contributed by atoms with E-state index in [0.29, 0.717) is 11.4 Å². The Morgan fingerprint density at radius 2 is 2.00 bits per heavy atom. The zero-order chi connectivity index (χ0) is 11.7. The molecule has 6 heteroatoms. The number of hydrogen-bond acceptors (Lipinski definition) is 2. The van der Waals surface area contributed by atoms with Crippen molar-refractivity contribution in [1.82, 2.24) is 10.2 Å². The summed E-state index contributed by atoms with van der Waals surface area (Å²) in [6, 6.07) is 3.79. The number of nitrogens with two attached hydrogens (primary N) is 1. The molecule has 0 spiro atoms. The third-order valence-corrected chi connectivity index (χ3v) is 2.74. The van der Waals surface area contributed by atoms with Crippen LogP contribution in [0, 0.1) is 11.6 Å². The van der Waals surface area contributed by atoms with Gasteiger partial charge in [-0.2, -0.15) is 5.10 Å². The van der Waals surface area contributed by atoms with Gasteiger partial charge in [-0.05, 0) is 28.1 Å². The van der Waals surface area contributed by atoms with E-state index in [1.165, 1.54) is 6.07 Å². The van der Waals surface area contributed by atoms with Crippen molar-refractivity contribution >= 4 is 15.9 Å². The molecule has 0 amide bonds. The molecule has 16 heavy (non-hydrogen) atoms. The Kier molecular flexibility index (Phi) is 3.02. The van der Waals surface area contributed by atoms with E-state index < -0.39 is 11.6 Å². The van der Waals surface area contributed by atoms with Crippen molar-refractivity contribution in [2.75, 3.05) is 0 Å². The predicted molar refractivity (Wildman–Crippen MR) is 59.5 cm³/mol. The van der Waals surface area contributed by atoms with Gasteiger partial charge in [0.2, 0.25) is 0 Å². The summed E-state index contributed by atoms with van der Waals surface area (Å²) in [5, 5.41) is 6.57. The van der Waals surface area contributed by atoms with Crippen LogP contribution in [0.1, 0.15) is 5.69 Å². The topological polar surface area (TPSA) is 54.7 Å². The third kappa shape index (κ3) is 1.98. The molecule has 0 unspecified atom stereocenters. The quantitative estimate of drug-likeness (QED) is 0.834. The van der Waals surface area contributed by atoms with Crippen LogP contribution in [0.2, 0.25) is 0 Å². The van der Waals surface area contributed by atoms with Crippen molar-refractivity contribution in [3.05, 3.63) is 40.0 Å². The van der Waals surface area contributed by atoms with Gasteiger partial charge in [0, 0.05) is 23.9 Å². The SMILES string of the molecule is NCc1cc(-c2cc(Br)c(F)cc2F)n[nH]1. The molecule has 2 aromatic rings. The second-order valence-electron chi connectivity index (χ2n) is 3.23. The Labute approximate surface area is 98.8 Å². The third-order valence-electron chi connectivity index (χ3n) is 2.14. The van der Waals surface area contributed by atoms with E-state index in [-0.39, 0.29) is 16.6 Å². The smallest absolute Gasteiger partial charge is 0.140 e. The molecule has 0 aliphatic rings. The van der Waals surface area contributed by atoms with E-state index in [0.717, 1.165) is 6.07 Å². The molecular weight excluding hydrogens is 280 g/mol. The summed E-state index contributed by atoms with van der Waals surface area (Å²) in [5.74, 6) is -1.30. The van der Waals surface area contributed by atoms with Crippen molar-refractivity contribution in [2.45, 2.75) is 6.54 Å². The Morgan fingerprint density at radius 3 is 2.62 bits per heavy atom. The minimum absolute atomic E-state index is 0.196. The summed E-state index contributed by atoms with van der Waals surface area (Å²) in [6.07, 6.45) is 0. The summed E-state index contributed by atoms with van der Waals surface area (Å²) in [4.78, 5) is 0. The van der Waals surface area contributed by atoms with E-state index in [1.807, 2.05) is 0 Å². The molecule has 0 saturated heterocycles. The molecule has 2 rings (SSSR count). The molecule has 1 aromatic heterocycles. The first-order valence-electron chi connectivity index (χ1n) is 4.51. The van der Waals surface area contributed by atoms with Gasteiger partial charge in [0.25, 0.3) is 0 Å². The number of rotatable bonds is 2. The highest BCUT2D eigenvalue weighted by atomic mass is 79.9. The summed E-state index contributed by atoms with van der Waals surface area (Å²) < 4.78 is 26.7. The lowest BCUT2D eigenvalue weighted by atomic mass is 10.1. The fraction of sp³-hybridized carbons (Fsp3) is 0.100. The highest BCUT2D eigenvalue weighted by molar-refractivity contribution is 9.10. The van der Waals surface area contributed by atoms with Gasteiger partial charge in [-0.1, -0.05) is 0 Å². The van der Waals surface area contributed by atoms with Gasteiger partial charge in [0.1, 0.15) is 11.6 Å². The maximum atomic E-state index is 13.5. The zero-order valence-electron chi connectivity index (χ0n) is 8.10. The van der Waals surface area contributed by atoms with Crippen molar-refractivity contribution in [3.8, 4) is 11.3 Å². The molecule has 3 nitrogen and oxygen atoms in total. The van der Waals surface area contributed by atoms with Crippen LogP contribution in [-0.2, 0) is 6.54 Å². The second kappa shape index (κ2) is 4.31. The van der Waals surface area contributed by atoms with Gasteiger partial charge < -0.3 is 5.73 Å². The highest BCUT2D eigenvalue weighted by Crippen LogP contribution is 2.27. The fourth-order valence-electron chi connectivity index (χ4n) is 1.32. The standard InChI is InChI=1S/C10H8BrF2N3/c11-7-2-6(8(12)3-9(7)13)10-1-5(4-14)15-16-10/h1-3H,4,14H2,(H,15,16). The monoisotopic (exact) mass is 287 g/mol. The Balaban J connectivity index is 2.51. The number of H-pyrrole nitrogens is 1. The van der Waals surface area contributed by atoms with Gasteiger partial charge in [0.15, 0.2) is 0 Å². The lowest BCUT2D eigenvalue weighted by Gasteiger charge is -2.01. The van der Waals surface area contributed by atoms with Gasteiger partial charge in [-0.3, -0.25) is 5.10 Å². The average molecular weight is 288 g/mol. The van der Waals surface area contributed by atoms with E-state index in [4.69, 9.17) is 5.73 Å². The number of aromatic amines is 1. The molecule has 1 heterocycles. The highest BCUT2D eigenvalue weighted by Gasteiger charge is 2.12. The lowest BCUT2D eigenvalue weighted by molar-refractivity contribution is 0.581. The Bertz CT molecular complexity index is 525. The molecule has 84 valence electrons. The van der Waals surface area contributed by atoms with Gasteiger partial charge >= 0.3 is 0 Å². The van der Waals surface area contributed by atoms with Crippen LogP contribution < -0.4 is 5.73 Å². The lowest BCUT2D eigenvalue weighted by Crippen LogP contribution is -1.95. The van der Waals surface area contributed by atoms with Crippen molar-refractivity contribution < 1.29 is 8.78 Å². The number of halogens is 3. The normalized spacial score (nSPS) is 10.8. The Hall–Kier alpha value is -1.27. The maximum Gasteiger partial charge on any atom is 0.140 e. The molecule has 0 aliphatic carbocycles. The van der Waals surface area contributed by atoms with Crippen molar-refractivity contribution in [1.29, 1.82) is 0 Å². The van der Waals surface area contributed by atoms with Gasteiger partial charge in [-0.25, -0.2) is 8.78 Å². The second-order valence-corrected chi connectivity index (χ2v) is 4.08. The van der Waals surface area contributed by atoms with E-state index in [2.05, 4.69) is 26.1 Å². The van der Waals surface area contributed by atoms with Crippen LogP contribution in [0.5, 0.6) is 0 Å². The number of benzene rings is 1. The average Bonchev–Trinajstić information content (AvgIpc) is 2.71. The van der Waals surface area contributed by atoms with E-state index >= 15 is 0 Å². The first-order valence-corrected chi connectivity index (χ1v) is 5.30. The summed E-state index contributed by atoms with van der Waals surface area (Å²) in [7, 11) is 0. The maximum absolute atomic E-state index is 13.5. The minimum Gasteiger partial charge on any atom is -0.325 e. The summed E-state index contributed by atoms with van der Waals surface area (Å²) in [6.45, 7) is 0.289. The van der Waals surface area contributed by atoms with Crippen molar-refractivity contribution in [2.24, 2.45) is 5.73 Å². The number of aromatic nitrogens is 2. The molecular formula is C10H8BrF2N3. The summed E-state index contributed by atoms with van der Waals surface area (Å²) >= 11 is 3.00. The van der Waals surface area contributed by atoms with Crippen LogP contribution in [-0.4, -0.2) is 10.2 Å². The first-order chi connectivity index (χ1) is 7.61. The summed E-state index contributed by atoms with van der Waals surface area (Å²) in [5.41, 5.74) is 6.72. The molecule has 0 atom stereocenters. The van der Waals surface area contributed by atoms with E-state index in [9.17, 15) is 8.78 Å². The molecule has 0 radical (unpaired) electrons. The number of nitrogens with zero attached hydrogens (tertiary/aromatic N) is 1. The molecule has 0 aliphatic heterocycles. The molecule has 0 fully saturated rings. The predicted octanol–water partition coefficient (Wildman–Crippen LogP) is 2.58. The number of nitrogens with one attached hydrogen (secondary N) is 1. The number of hydrogen-bond donors (Lipinski definition) is 2. The van der Waals surface area contributed by atoms with Crippen LogP contribution in [0.15, 0.2) is 22.7 Å².